The van der Waals surface area contributed by atoms with Gasteiger partial charge in [-0.2, -0.15) is 0 Å². The summed E-state index contributed by atoms with van der Waals surface area (Å²) in [6, 6.07) is 3.82. The fourth-order valence-electron chi connectivity index (χ4n) is 4.84. The molecule has 0 aliphatic carbocycles. The molecule has 8 heteroatoms. The van der Waals surface area contributed by atoms with Crippen molar-refractivity contribution in [2.24, 2.45) is 0 Å². The Hall–Kier alpha value is -2.90. The fourth-order valence-corrected chi connectivity index (χ4v) is 4.84. The number of hydrogen-bond acceptors (Lipinski definition) is 4. The van der Waals surface area contributed by atoms with E-state index in [0.29, 0.717) is 44.6 Å². The number of nitrogens with zero attached hydrogens (tertiary/aromatic N) is 4. The molecule has 8 nitrogen and oxygen atoms in total. The van der Waals surface area contributed by atoms with Crippen molar-refractivity contribution in [2.45, 2.75) is 51.6 Å². The van der Waals surface area contributed by atoms with Crippen LogP contribution < -0.4 is 5.32 Å². The van der Waals surface area contributed by atoms with Gasteiger partial charge in [-0.1, -0.05) is 6.07 Å². The lowest BCUT2D eigenvalue weighted by atomic mass is 9.84. The van der Waals surface area contributed by atoms with E-state index >= 15 is 0 Å². The van der Waals surface area contributed by atoms with E-state index in [-0.39, 0.29) is 29.3 Å². The Kier molecular flexibility index (Phi) is 4.80. The minimum Gasteiger partial charge on any atom is -0.352 e. The van der Waals surface area contributed by atoms with Gasteiger partial charge in [0.1, 0.15) is 11.3 Å². The summed E-state index contributed by atoms with van der Waals surface area (Å²) in [5.41, 5.74) is 1.83. The Morgan fingerprint density at radius 1 is 1.21 bits per heavy atom. The van der Waals surface area contributed by atoms with Gasteiger partial charge in [0, 0.05) is 57.5 Å². The van der Waals surface area contributed by atoms with Gasteiger partial charge < -0.3 is 19.5 Å². The standard InChI is InChI=1S/C21H27N5O3/c1-14-5-4-8-25-13-18(23-19(14)25)20(29)26-12-17(22-15(2)27)11-21(26)6-9-24(10-7-21)16(3)28/h4-5,8,13,17H,6-7,9-12H2,1-3H3,(H,22,27)/t17-/m0/s1. The summed E-state index contributed by atoms with van der Waals surface area (Å²) >= 11 is 0. The first-order valence-corrected chi connectivity index (χ1v) is 10.1. The molecule has 2 aromatic heterocycles. The number of hydrogen-bond donors (Lipinski definition) is 1. The van der Waals surface area contributed by atoms with Crippen LogP contribution in [-0.4, -0.2) is 68.1 Å². The zero-order chi connectivity index (χ0) is 20.8. The molecule has 0 bridgehead atoms. The minimum absolute atomic E-state index is 0.0601. The van der Waals surface area contributed by atoms with E-state index in [9.17, 15) is 14.4 Å². The molecule has 2 aromatic rings. The van der Waals surface area contributed by atoms with Crippen molar-refractivity contribution in [2.75, 3.05) is 19.6 Å². The van der Waals surface area contributed by atoms with Crippen molar-refractivity contribution in [3.05, 3.63) is 35.8 Å². The monoisotopic (exact) mass is 397 g/mol. The first-order chi connectivity index (χ1) is 13.8. The number of rotatable bonds is 2. The number of nitrogens with one attached hydrogen (secondary N) is 1. The number of aryl methyl sites for hydroxylation is 1. The Labute approximate surface area is 169 Å². The van der Waals surface area contributed by atoms with Crippen LogP contribution in [0.4, 0.5) is 0 Å². The van der Waals surface area contributed by atoms with E-state index in [1.165, 1.54) is 6.92 Å². The van der Waals surface area contributed by atoms with Crippen LogP contribution in [0, 0.1) is 6.92 Å². The van der Waals surface area contributed by atoms with Gasteiger partial charge in [-0.05, 0) is 37.8 Å². The predicted octanol–water partition coefficient (Wildman–Crippen LogP) is 1.37. The second-order valence-corrected chi connectivity index (χ2v) is 8.30. The van der Waals surface area contributed by atoms with E-state index in [0.717, 1.165) is 11.2 Å². The number of aromatic nitrogens is 2. The topological polar surface area (TPSA) is 87.0 Å². The molecular formula is C21H27N5O3. The first kappa shape index (κ1) is 19.4. The van der Waals surface area contributed by atoms with Crippen molar-refractivity contribution in [1.82, 2.24) is 24.5 Å². The molecule has 4 heterocycles. The number of likely N-dealkylation sites (tertiary alicyclic amines) is 2. The Bertz CT molecular complexity index is 974. The summed E-state index contributed by atoms with van der Waals surface area (Å²) in [5, 5.41) is 2.98. The third-order valence-electron chi connectivity index (χ3n) is 6.29. The number of piperidine rings is 1. The molecular weight excluding hydrogens is 370 g/mol. The minimum atomic E-state index is -0.360. The maximum Gasteiger partial charge on any atom is 0.274 e. The van der Waals surface area contributed by atoms with Gasteiger partial charge in [0.2, 0.25) is 11.8 Å². The van der Waals surface area contributed by atoms with Gasteiger partial charge in [0.25, 0.3) is 5.91 Å². The molecule has 4 rings (SSSR count). The summed E-state index contributed by atoms with van der Waals surface area (Å²) in [6.07, 6.45) is 5.78. The number of carbonyl (C=O) groups is 3. The zero-order valence-corrected chi connectivity index (χ0v) is 17.1. The molecule has 0 aromatic carbocycles. The number of fused-ring (bicyclic) bond motifs is 1. The first-order valence-electron chi connectivity index (χ1n) is 10.1. The van der Waals surface area contributed by atoms with Crippen LogP contribution in [0.15, 0.2) is 24.5 Å². The molecule has 2 saturated heterocycles. The summed E-state index contributed by atoms with van der Waals surface area (Å²) in [7, 11) is 0. The van der Waals surface area contributed by atoms with Crippen LogP contribution in [0.3, 0.4) is 0 Å². The molecule has 1 N–H and O–H groups in total. The highest BCUT2D eigenvalue weighted by Crippen LogP contribution is 2.39. The maximum atomic E-state index is 13.5. The Morgan fingerprint density at radius 3 is 2.55 bits per heavy atom. The van der Waals surface area contributed by atoms with Crippen LogP contribution >= 0.6 is 0 Å². The van der Waals surface area contributed by atoms with Crippen molar-refractivity contribution in [1.29, 1.82) is 0 Å². The third kappa shape index (κ3) is 3.47. The predicted molar refractivity (Wildman–Crippen MR) is 107 cm³/mol. The molecule has 3 amide bonds. The smallest absolute Gasteiger partial charge is 0.274 e. The number of amides is 3. The molecule has 29 heavy (non-hydrogen) atoms. The highest BCUT2D eigenvalue weighted by molar-refractivity contribution is 5.94. The fraction of sp³-hybridized carbons (Fsp3) is 0.524. The largest absolute Gasteiger partial charge is 0.352 e. The summed E-state index contributed by atoms with van der Waals surface area (Å²) in [4.78, 5) is 45.2. The van der Waals surface area contributed by atoms with Crippen LogP contribution in [0.5, 0.6) is 0 Å². The maximum absolute atomic E-state index is 13.5. The third-order valence-corrected chi connectivity index (χ3v) is 6.29. The lowest BCUT2D eigenvalue weighted by Gasteiger charge is -2.44. The van der Waals surface area contributed by atoms with E-state index in [1.54, 1.807) is 13.1 Å². The quantitative estimate of drug-likeness (QED) is 0.829. The molecule has 0 radical (unpaired) electrons. The summed E-state index contributed by atoms with van der Waals surface area (Å²) in [6.45, 7) is 6.75. The Balaban J connectivity index is 1.64. The second-order valence-electron chi connectivity index (χ2n) is 8.30. The van der Waals surface area contributed by atoms with Gasteiger partial charge in [-0.25, -0.2) is 4.98 Å². The Morgan fingerprint density at radius 2 is 1.93 bits per heavy atom. The average Bonchev–Trinajstić information content (AvgIpc) is 3.24. The van der Waals surface area contributed by atoms with Gasteiger partial charge in [-0.15, -0.1) is 0 Å². The molecule has 154 valence electrons. The molecule has 2 aliphatic rings. The summed E-state index contributed by atoms with van der Waals surface area (Å²) in [5.74, 6) is -0.147. The molecule has 1 atom stereocenters. The van der Waals surface area contributed by atoms with Crippen LogP contribution in [-0.2, 0) is 9.59 Å². The van der Waals surface area contributed by atoms with Gasteiger partial charge in [0.15, 0.2) is 0 Å². The molecule has 1 spiro atoms. The summed E-state index contributed by atoms with van der Waals surface area (Å²) < 4.78 is 1.87. The number of imidazole rings is 1. The van der Waals surface area contributed by atoms with Crippen molar-refractivity contribution in [3.63, 3.8) is 0 Å². The second kappa shape index (κ2) is 7.17. The number of carbonyl (C=O) groups excluding carboxylic acids is 3. The number of pyridine rings is 1. The van der Waals surface area contributed by atoms with Gasteiger partial charge >= 0.3 is 0 Å². The zero-order valence-electron chi connectivity index (χ0n) is 17.1. The van der Waals surface area contributed by atoms with Crippen LogP contribution in [0.1, 0.15) is 49.2 Å². The molecule has 0 unspecified atom stereocenters. The van der Waals surface area contributed by atoms with E-state index in [1.807, 2.05) is 39.5 Å². The van der Waals surface area contributed by atoms with Crippen molar-refractivity contribution < 1.29 is 14.4 Å². The lowest BCUT2D eigenvalue weighted by molar-refractivity contribution is -0.131. The van der Waals surface area contributed by atoms with E-state index in [2.05, 4.69) is 10.3 Å². The van der Waals surface area contributed by atoms with Gasteiger partial charge in [-0.3, -0.25) is 14.4 Å². The van der Waals surface area contributed by atoms with E-state index in [4.69, 9.17) is 0 Å². The molecule has 2 aliphatic heterocycles. The highest BCUT2D eigenvalue weighted by Gasteiger charge is 2.50. The van der Waals surface area contributed by atoms with Crippen molar-refractivity contribution >= 4 is 23.4 Å². The van der Waals surface area contributed by atoms with Gasteiger partial charge in [0.05, 0.1) is 0 Å². The average molecular weight is 397 g/mol. The lowest BCUT2D eigenvalue weighted by Crippen LogP contribution is -2.54. The van der Waals surface area contributed by atoms with Crippen molar-refractivity contribution in [3.8, 4) is 0 Å². The van der Waals surface area contributed by atoms with E-state index < -0.39 is 0 Å². The normalized spacial score (nSPS) is 21.0. The van der Waals surface area contributed by atoms with Crippen LogP contribution in [0.25, 0.3) is 5.65 Å². The highest BCUT2D eigenvalue weighted by atomic mass is 16.2. The molecule has 0 saturated carbocycles. The molecule has 2 fully saturated rings. The SMILES string of the molecule is CC(=O)N[C@@H]1CN(C(=O)c2cn3cccc(C)c3n2)C2(CCN(C(C)=O)CC2)C1. The van der Waals surface area contributed by atoms with Crippen LogP contribution in [0.2, 0.25) is 0 Å².